The molecule has 93 valence electrons. The third-order valence-corrected chi connectivity index (χ3v) is 3.23. The van der Waals surface area contributed by atoms with E-state index in [0.29, 0.717) is 0 Å². The predicted octanol–water partition coefficient (Wildman–Crippen LogP) is 2.45. The van der Waals surface area contributed by atoms with Crippen LogP contribution in [0.2, 0.25) is 0 Å². The summed E-state index contributed by atoms with van der Waals surface area (Å²) in [6.07, 6.45) is 0. The summed E-state index contributed by atoms with van der Waals surface area (Å²) in [5, 5.41) is 13.9. The van der Waals surface area contributed by atoms with Gasteiger partial charge in [0.25, 0.3) is 0 Å². The van der Waals surface area contributed by atoms with E-state index in [9.17, 15) is 5.11 Å². The van der Waals surface area contributed by atoms with Crippen molar-refractivity contribution < 1.29 is 9.76 Å². The number of benzene rings is 1. The van der Waals surface area contributed by atoms with E-state index in [1.165, 1.54) is 0 Å². The van der Waals surface area contributed by atoms with E-state index < -0.39 is 11.1 Å². The molecule has 0 unspecified atom stereocenters. The zero-order valence-electron chi connectivity index (χ0n) is 10.9. The largest absolute Gasteiger partial charge is 0.508 e. The molecule has 5 nitrogen and oxygen atoms in total. The van der Waals surface area contributed by atoms with Gasteiger partial charge in [-0.25, -0.2) is 0 Å². The molecule has 0 fully saturated rings. The number of hydrogen-bond donors (Lipinski definition) is 1. The second kappa shape index (κ2) is 3.94. The number of aromatic hydroxyl groups is 1. The number of fused-ring (bicyclic) bond motifs is 1. The minimum atomic E-state index is -0.707. The maximum Gasteiger partial charge on any atom is 0.331 e. The first-order chi connectivity index (χ1) is 8.28. The van der Waals surface area contributed by atoms with E-state index in [2.05, 4.69) is 10.0 Å². The Hall–Kier alpha value is -1.65. The molecule has 0 aliphatic carbocycles. The van der Waals surface area contributed by atoms with Crippen molar-refractivity contribution in [2.24, 2.45) is 5.11 Å². The molecule has 0 atom stereocenters. The van der Waals surface area contributed by atoms with Crippen LogP contribution in [-0.4, -0.2) is 12.6 Å². The highest BCUT2D eigenvalue weighted by Crippen LogP contribution is 2.37. The van der Waals surface area contributed by atoms with E-state index in [1.807, 2.05) is 19.9 Å². The van der Waals surface area contributed by atoms with Crippen molar-refractivity contribution in [3.63, 3.8) is 0 Å². The number of azide groups is 1. The van der Waals surface area contributed by atoms with Gasteiger partial charge in [0.2, 0.25) is 0 Å². The third kappa shape index (κ3) is 1.94. The SMILES string of the molecule is CC(C)(N=[N+]=[N-])c1cc(O)c2c(c1)[B]OC2(C)C. The van der Waals surface area contributed by atoms with E-state index in [0.717, 1.165) is 16.6 Å². The lowest BCUT2D eigenvalue weighted by atomic mass is 9.80. The molecule has 6 heteroatoms. The van der Waals surface area contributed by atoms with Crippen LogP contribution < -0.4 is 5.46 Å². The lowest BCUT2D eigenvalue weighted by Crippen LogP contribution is -2.21. The first-order valence-electron chi connectivity index (χ1n) is 5.73. The van der Waals surface area contributed by atoms with Gasteiger partial charge in [0.05, 0.1) is 11.1 Å². The lowest BCUT2D eigenvalue weighted by molar-refractivity contribution is 0.128. The Morgan fingerprint density at radius 1 is 1.44 bits per heavy atom. The van der Waals surface area contributed by atoms with Crippen molar-refractivity contribution in [2.45, 2.75) is 38.8 Å². The van der Waals surface area contributed by atoms with E-state index in [1.54, 1.807) is 27.4 Å². The summed E-state index contributed by atoms with van der Waals surface area (Å²) in [5.74, 6) is 0.169. The molecule has 1 N–H and O–H groups in total. The highest BCUT2D eigenvalue weighted by Gasteiger charge is 2.36. The van der Waals surface area contributed by atoms with Crippen molar-refractivity contribution in [3.8, 4) is 5.75 Å². The molecule has 0 aromatic heterocycles. The highest BCUT2D eigenvalue weighted by molar-refractivity contribution is 6.49. The molecule has 1 radical (unpaired) electrons. The van der Waals surface area contributed by atoms with Gasteiger partial charge in [0.15, 0.2) is 0 Å². The van der Waals surface area contributed by atoms with Crippen LogP contribution in [0, 0.1) is 0 Å². The van der Waals surface area contributed by atoms with Crippen molar-refractivity contribution in [2.75, 3.05) is 0 Å². The van der Waals surface area contributed by atoms with Gasteiger partial charge < -0.3 is 9.76 Å². The summed E-state index contributed by atoms with van der Waals surface area (Å²) in [5.41, 5.74) is 9.69. The Balaban J connectivity index is 2.58. The van der Waals surface area contributed by atoms with Crippen molar-refractivity contribution in [1.29, 1.82) is 0 Å². The average Bonchev–Trinajstić information content (AvgIpc) is 2.55. The third-order valence-electron chi connectivity index (χ3n) is 3.23. The summed E-state index contributed by atoms with van der Waals surface area (Å²) in [6.45, 7) is 7.39. The van der Waals surface area contributed by atoms with Crippen LogP contribution in [0.1, 0.15) is 38.8 Å². The van der Waals surface area contributed by atoms with Crippen LogP contribution in [0.5, 0.6) is 5.75 Å². The molecule has 0 amide bonds. The van der Waals surface area contributed by atoms with Crippen LogP contribution in [0.4, 0.5) is 0 Å². The summed E-state index contributed by atoms with van der Waals surface area (Å²) in [4.78, 5) is 2.84. The Bertz CT molecular complexity index is 548. The second-order valence-corrected chi connectivity index (χ2v) is 5.45. The fourth-order valence-corrected chi connectivity index (χ4v) is 2.19. The molecule has 0 saturated carbocycles. The number of phenolic OH excluding ortho intramolecular Hbond substituents is 1. The standard InChI is InChI=1S/C12H15BN3O2/c1-11(2,15-16-14)7-5-8-10(9(17)6-7)12(3,4)18-13-8/h5-6,17H,1-4H3. The zero-order chi connectivity index (χ0) is 13.6. The second-order valence-electron chi connectivity index (χ2n) is 5.45. The van der Waals surface area contributed by atoms with E-state index in [4.69, 9.17) is 10.2 Å². The van der Waals surface area contributed by atoms with Gasteiger partial charge in [-0.3, -0.25) is 0 Å². The van der Waals surface area contributed by atoms with Crippen LogP contribution in [-0.2, 0) is 15.8 Å². The Morgan fingerprint density at radius 2 is 2.11 bits per heavy atom. The number of phenols is 1. The molecule has 1 heterocycles. The quantitative estimate of drug-likeness (QED) is 0.375. The molecule has 0 spiro atoms. The van der Waals surface area contributed by atoms with Gasteiger partial charge in [0, 0.05) is 10.5 Å². The van der Waals surface area contributed by atoms with Crippen molar-refractivity contribution in [1.82, 2.24) is 0 Å². The Morgan fingerprint density at radius 3 is 2.72 bits per heavy atom. The van der Waals surface area contributed by atoms with Crippen LogP contribution in [0.25, 0.3) is 10.4 Å². The molecular formula is C12H15BN3O2. The van der Waals surface area contributed by atoms with Crippen LogP contribution >= 0.6 is 0 Å². The maximum absolute atomic E-state index is 10.1. The smallest absolute Gasteiger partial charge is 0.331 e. The Kier molecular flexibility index (Phi) is 2.80. The minimum Gasteiger partial charge on any atom is -0.508 e. The first kappa shape index (κ1) is 12.8. The number of nitrogens with zero attached hydrogens (tertiary/aromatic N) is 3. The zero-order valence-corrected chi connectivity index (χ0v) is 10.9. The van der Waals surface area contributed by atoms with Gasteiger partial charge >= 0.3 is 7.48 Å². The fraction of sp³-hybridized carbons (Fsp3) is 0.500. The number of hydrogen-bond acceptors (Lipinski definition) is 3. The van der Waals surface area contributed by atoms with E-state index >= 15 is 0 Å². The molecule has 1 aliphatic heterocycles. The summed E-state index contributed by atoms with van der Waals surface area (Å²) in [7, 11) is 1.63. The molecule has 18 heavy (non-hydrogen) atoms. The average molecular weight is 244 g/mol. The van der Waals surface area contributed by atoms with Gasteiger partial charge in [-0.15, -0.1) is 0 Å². The number of rotatable bonds is 2. The highest BCUT2D eigenvalue weighted by atomic mass is 16.5. The maximum atomic E-state index is 10.1. The molecule has 1 aromatic rings. The van der Waals surface area contributed by atoms with Crippen LogP contribution in [0.15, 0.2) is 17.2 Å². The summed E-state index contributed by atoms with van der Waals surface area (Å²) < 4.78 is 5.53. The molecule has 1 aliphatic rings. The summed E-state index contributed by atoms with van der Waals surface area (Å²) in [6, 6.07) is 3.52. The predicted molar refractivity (Wildman–Crippen MR) is 69.8 cm³/mol. The molecule has 1 aromatic carbocycles. The van der Waals surface area contributed by atoms with Gasteiger partial charge in [-0.2, -0.15) is 0 Å². The normalized spacial score (nSPS) is 16.7. The lowest BCUT2D eigenvalue weighted by Gasteiger charge is -2.23. The van der Waals surface area contributed by atoms with Crippen molar-refractivity contribution in [3.05, 3.63) is 33.7 Å². The molecular weight excluding hydrogens is 229 g/mol. The fourth-order valence-electron chi connectivity index (χ4n) is 2.19. The van der Waals surface area contributed by atoms with E-state index in [-0.39, 0.29) is 5.75 Å². The van der Waals surface area contributed by atoms with Gasteiger partial charge in [0.1, 0.15) is 5.75 Å². The molecule has 0 bridgehead atoms. The monoisotopic (exact) mass is 244 g/mol. The Labute approximate surface area is 107 Å². The van der Waals surface area contributed by atoms with Crippen LogP contribution in [0.3, 0.4) is 0 Å². The molecule has 2 rings (SSSR count). The minimum absolute atomic E-state index is 0.169. The van der Waals surface area contributed by atoms with Gasteiger partial charge in [-0.05, 0) is 36.5 Å². The van der Waals surface area contributed by atoms with Crippen molar-refractivity contribution >= 4 is 12.9 Å². The molecule has 0 saturated heterocycles. The first-order valence-corrected chi connectivity index (χ1v) is 5.73. The summed E-state index contributed by atoms with van der Waals surface area (Å²) >= 11 is 0. The van der Waals surface area contributed by atoms with Gasteiger partial charge in [-0.1, -0.05) is 25.0 Å². The topological polar surface area (TPSA) is 78.2 Å².